The molecule has 0 N–H and O–H groups in total. The van der Waals surface area contributed by atoms with Crippen molar-refractivity contribution in [1.82, 2.24) is 14.9 Å². The first-order valence-electron chi connectivity index (χ1n) is 6.97. The van der Waals surface area contributed by atoms with E-state index in [-0.39, 0.29) is 5.91 Å². The van der Waals surface area contributed by atoms with Crippen molar-refractivity contribution in [1.29, 1.82) is 0 Å². The predicted molar refractivity (Wildman–Crippen MR) is 71.3 cm³/mol. The number of rotatable bonds is 1. The van der Waals surface area contributed by atoms with E-state index >= 15 is 0 Å². The Morgan fingerprint density at radius 2 is 1.70 bits per heavy atom. The molecule has 2 saturated heterocycles. The molecule has 0 aromatic carbocycles. The Labute approximate surface area is 118 Å². The molecule has 1 aromatic heterocycles. The molecule has 0 atom stereocenters. The monoisotopic (exact) mass is 277 g/mol. The van der Waals surface area contributed by atoms with Gasteiger partial charge in [-0.1, -0.05) is 0 Å². The highest BCUT2D eigenvalue weighted by Gasteiger charge is 2.41. The molecule has 6 heteroatoms. The Morgan fingerprint density at radius 3 is 2.25 bits per heavy atom. The molecule has 1 aromatic rings. The fourth-order valence-corrected chi connectivity index (χ4v) is 2.90. The summed E-state index contributed by atoms with van der Waals surface area (Å²) in [6, 6.07) is 0. The van der Waals surface area contributed by atoms with Gasteiger partial charge >= 0.3 is 0 Å². The number of nitrogens with zero attached hydrogens (tertiary/aromatic N) is 3. The average Bonchev–Trinajstić information content (AvgIpc) is 2.87. The van der Waals surface area contributed by atoms with Crippen LogP contribution in [-0.2, 0) is 9.47 Å². The van der Waals surface area contributed by atoms with Gasteiger partial charge in [-0.3, -0.25) is 4.79 Å². The van der Waals surface area contributed by atoms with Crippen LogP contribution in [0.25, 0.3) is 0 Å². The third-order valence-electron chi connectivity index (χ3n) is 4.07. The summed E-state index contributed by atoms with van der Waals surface area (Å²) in [5.41, 5.74) is 2.09. The lowest BCUT2D eigenvalue weighted by atomic mass is 10.0. The van der Waals surface area contributed by atoms with Gasteiger partial charge in [0.2, 0.25) is 0 Å². The quantitative estimate of drug-likeness (QED) is 0.768. The van der Waals surface area contributed by atoms with Crippen LogP contribution in [0.2, 0.25) is 0 Å². The number of hydrogen-bond acceptors (Lipinski definition) is 5. The van der Waals surface area contributed by atoms with Crippen LogP contribution in [-0.4, -0.2) is 52.9 Å². The zero-order chi connectivity index (χ0) is 14.2. The number of ether oxygens (including phenoxy) is 2. The smallest absolute Gasteiger partial charge is 0.257 e. The SMILES string of the molecule is Cc1ncnc(C)c1C(=O)N1CCC2(CC1)OCCO2. The number of amides is 1. The molecule has 2 fully saturated rings. The summed E-state index contributed by atoms with van der Waals surface area (Å²) >= 11 is 0. The number of aromatic nitrogens is 2. The molecule has 0 unspecified atom stereocenters. The minimum atomic E-state index is -0.450. The number of likely N-dealkylation sites (tertiary alicyclic amines) is 1. The number of piperidine rings is 1. The zero-order valence-corrected chi connectivity index (χ0v) is 11.9. The molecule has 0 aliphatic carbocycles. The van der Waals surface area contributed by atoms with Crippen LogP contribution in [0.5, 0.6) is 0 Å². The van der Waals surface area contributed by atoms with Crippen molar-refractivity contribution in [3.63, 3.8) is 0 Å². The van der Waals surface area contributed by atoms with Crippen molar-refractivity contribution in [3.8, 4) is 0 Å². The number of carbonyl (C=O) groups is 1. The lowest BCUT2D eigenvalue weighted by Gasteiger charge is -2.37. The van der Waals surface area contributed by atoms with Gasteiger partial charge in [-0.25, -0.2) is 9.97 Å². The highest BCUT2D eigenvalue weighted by atomic mass is 16.7. The standard InChI is InChI=1S/C14H19N3O3/c1-10-12(11(2)16-9-15-10)13(18)17-5-3-14(4-6-17)19-7-8-20-14/h9H,3-8H2,1-2H3. The Morgan fingerprint density at radius 1 is 1.15 bits per heavy atom. The molecule has 1 spiro atoms. The molecule has 0 radical (unpaired) electrons. The maximum absolute atomic E-state index is 12.6. The number of hydrogen-bond donors (Lipinski definition) is 0. The van der Waals surface area contributed by atoms with Gasteiger partial charge in [-0.05, 0) is 13.8 Å². The van der Waals surface area contributed by atoms with Crippen LogP contribution in [0, 0.1) is 13.8 Å². The van der Waals surface area contributed by atoms with Gasteiger partial charge in [0.25, 0.3) is 5.91 Å². The first-order valence-corrected chi connectivity index (χ1v) is 6.97. The number of carbonyl (C=O) groups excluding carboxylic acids is 1. The summed E-state index contributed by atoms with van der Waals surface area (Å²) in [5.74, 6) is -0.443. The van der Waals surface area contributed by atoms with Crippen molar-refractivity contribution < 1.29 is 14.3 Å². The summed E-state index contributed by atoms with van der Waals surface area (Å²) in [4.78, 5) is 22.7. The predicted octanol–water partition coefficient (Wildman–Crippen LogP) is 1.07. The Hall–Kier alpha value is -1.53. The fraction of sp³-hybridized carbons (Fsp3) is 0.643. The minimum Gasteiger partial charge on any atom is -0.347 e. The zero-order valence-electron chi connectivity index (χ0n) is 11.9. The van der Waals surface area contributed by atoms with E-state index in [0.29, 0.717) is 31.9 Å². The van der Waals surface area contributed by atoms with Crippen LogP contribution in [0.15, 0.2) is 6.33 Å². The minimum absolute atomic E-state index is 0.00782. The maximum atomic E-state index is 12.6. The molecule has 3 rings (SSSR count). The van der Waals surface area contributed by atoms with Crippen molar-refractivity contribution >= 4 is 5.91 Å². The Balaban J connectivity index is 1.73. The first kappa shape index (κ1) is 13.5. The molecular formula is C14H19N3O3. The van der Waals surface area contributed by atoms with Crippen LogP contribution in [0.4, 0.5) is 0 Å². The van der Waals surface area contributed by atoms with Crippen LogP contribution < -0.4 is 0 Å². The topological polar surface area (TPSA) is 64.6 Å². The summed E-state index contributed by atoms with van der Waals surface area (Å²) in [7, 11) is 0. The maximum Gasteiger partial charge on any atom is 0.257 e. The second-order valence-corrected chi connectivity index (χ2v) is 5.32. The highest BCUT2D eigenvalue weighted by Crippen LogP contribution is 2.31. The molecule has 1 amide bonds. The van der Waals surface area contributed by atoms with E-state index in [1.54, 1.807) is 0 Å². The first-order chi connectivity index (χ1) is 9.61. The summed E-state index contributed by atoms with van der Waals surface area (Å²) in [6.45, 7) is 6.28. The molecular weight excluding hydrogens is 258 g/mol. The lowest BCUT2D eigenvalue weighted by Crippen LogP contribution is -2.47. The average molecular weight is 277 g/mol. The molecule has 0 bridgehead atoms. The summed E-state index contributed by atoms with van der Waals surface area (Å²) in [6.07, 6.45) is 2.95. The van der Waals surface area contributed by atoms with Gasteiger partial charge in [0.05, 0.1) is 30.2 Å². The van der Waals surface area contributed by atoms with Crippen LogP contribution in [0.3, 0.4) is 0 Å². The largest absolute Gasteiger partial charge is 0.347 e. The summed E-state index contributed by atoms with van der Waals surface area (Å²) in [5, 5.41) is 0. The lowest BCUT2D eigenvalue weighted by molar-refractivity contribution is -0.181. The van der Waals surface area contributed by atoms with Gasteiger partial charge in [0.1, 0.15) is 6.33 Å². The normalized spacial score (nSPS) is 21.4. The van der Waals surface area contributed by atoms with Crippen LogP contribution >= 0.6 is 0 Å². The molecule has 2 aliphatic rings. The van der Waals surface area contributed by atoms with Gasteiger partial charge < -0.3 is 14.4 Å². The van der Waals surface area contributed by atoms with E-state index < -0.39 is 5.79 Å². The van der Waals surface area contributed by atoms with Crippen molar-refractivity contribution in [2.45, 2.75) is 32.5 Å². The van der Waals surface area contributed by atoms with Crippen molar-refractivity contribution in [3.05, 3.63) is 23.3 Å². The van der Waals surface area contributed by atoms with Gasteiger partial charge in [0.15, 0.2) is 5.79 Å². The fourth-order valence-electron chi connectivity index (χ4n) is 2.90. The van der Waals surface area contributed by atoms with Crippen molar-refractivity contribution in [2.24, 2.45) is 0 Å². The van der Waals surface area contributed by atoms with Gasteiger partial charge in [0, 0.05) is 25.9 Å². The van der Waals surface area contributed by atoms with Crippen LogP contribution in [0.1, 0.15) is 34.6 Å². The number of aryl methyl sites for hydroxylation is 2. The van der Waals surface area contributed by atoms with E-state index in [4.69, 9.17) is 9.47 Å². The van der Waals surface area contributed by atoms with Gasteiger partial charge in [-0.2, -0.15) is 0 Å². The van der Waals surface area contributed by atoms with E-state index in [1.165, 1.54) is 6.33 Å². The Kier molecular flexibility index (Phi) is 3.43. The Bertz CT molecular complexity index is 496. The van der Waals surface area contributed by atoms with E-state index in [0.717, 1.165) is 24.2 Å². The molecule has 3 heterocycles. The third-order valence-corrected chi connectivity index (χ3v) is 4.07. The molecule has 6 nitrogen and oxygen atoms in total. The highest BCUT2D eigenvalue weighted by molar-refractivity contribution is 5.96. The van der Waals surface area contributed by atoms with E-state index in [9.17, 15) is 4.79 Å². The van der Waals surface area contributed by atoms with Gasteiger partial charge in [-0.15, -0.1) is 0 Å². The van der Waals surface area contributed by atoms with Crippen molar-refractivity contribution in [2.75, 3.05) is 26.3 Å². The molecule has 108 valence electrons. The third kappa shape index (κ3) is 2.29. The molecule has 2 aliphatic heterocycles. The summed E-state index contributed by atoms with van der Waals surface area (Å²) < 4.78 is 11.4. The van der Waals surface area contributed by atoms with E-state index in [1.807, 2.05) is 18.7 Å². The second-order valence-electron chi connectivity index (χ2n) is 5.32. The second kappa shape index (κ2) is 5.10. The molecule has 0 saturated carbocycles. The molecule has 20 heavy (non-hydrogen) atoms. The van der Waals surface area contributed by atoms with E-state index in [2.05, 4.69) is 9.97 Å².